The molecule has 2 aromatic carbocycles. The van der Waals surface area contributed by atoms with E-state index in [1.807, 2.05) is 61.5 Å². The minimum absolute atomic E-state index is 0.180. The predicted octanol–water partition coefficient (Wildman–Crippen LogP) is 3.34. The highest BCUT2D eigenvalue weighted by atomic mass is 32.2. The Morgan fingerprint density at radius 1 is 1.08 bits per heavy atom. The molecule has 0 aromatic heterocycles. The largest absolute Gasteiger partial charge is 0.452 e. The van der Waals surface area contributed by atoms with Gasteiger partial charge in [0.1, 0.15) is 0 Å². The molecule has 0 radical (unpaired) electrons. The normalized spacial score (nSPS) is 11.6. The third kappa shape index (κ3) is 6.08. The van der Waals surface area contributed by atoms with Gasteiger partial charge in [-0.3, -0.25) is 9.59 Å². The molecule has 0 saturated heterocycles. The molecule has 0 saturated carbocycles. The van der Waals surface area contributed by atoms with Gasteiger partial charge in [0.05, 0.1) is 5.75 Å². The van der Waals surface area contributed by atoms with E-state index in [9.17, 15) is 9.59 Å². The van der Waals surface area contributed by atoms with Crippen molar-refractivity contribution in [2.45, 2.75) is 31.4 Å². The van der Waals surface area contributed by atoms with Crippen LogP contribution >= 0.6 is 11.8 Å². The van der Waals surface area contributed by atoms with Crippen molar-refractivity contribution in [3.8, 4) is 0 Å². The standard InChI is InChI=1S/C19H21NO3S/c1-14-8-10-17(11-9-14)24-13-18(21)23-15(2)19(22)20-12-16-6-4-3-5-7-16/h3-11,15H,12-13H2,1-2H3,(H,20,22)/t15-/m0/s1. The van der Waals surface area contributed by atoms with Crippen LogP contribution in [0, 0.1) is 6.92 Å². The van der Waals surface area contributed by atoms with Crippen LogP contribution in [0.2, 0.25) is 0 Å². The number of esters is 1. The van der Waals surface area contributed by atoms with Gasteiger partial charge in [0.25, 0.3) is 5.91 Å². The Bertz CT molecular complexity index is 671. The zero-order valence-electron chi connectivity index (χ0n) is 13.8. The van der Waals surface area contributed by atoms with Crippen molar-refractivity contribution in [3.63, 3.8) is 0 Å². The van der Waals surface area contributed by atoms with Crippen molar-refractivity contribution in [1.82, 2.24) is 5.32 Å². The highest BCUT2D eigenvalue weighted by molar-refractivity contribution is 8.00. The van der Waals surface area contributed by atoms with E-state index in [2.05, 4.69) is 5.32 Å². The second kappa shape index (κ2) is 9.13. The Balaban J connectivity index is 1.72. The lowest BCUT2D eigenvalue weighted by atomic mass is 10.2. The summed E-state index contributed by atoms with van der Waals surface area (Å²) in [5, 5.41) is 2.76. The van der Waals surface area contributed by atoms with Gasteiger partial charge in [-0.2, -0.15) is 0 Å². The average Bonchev–Trinajstić information content (AvgIpc) is 2.60. The minimum Gasteiger partial charge on any atom is -0.452 e. The van der Waals surface area contributed by atoms with Gasteiger partial charge < -0.3 is 10.1 Å². The smallest absolute Gasteiger partial charge is 0.317 e. The first-order valence-corrected chi connectivity index (χ1v) is 8.74. The lowest BCUT2D eigenvalue weighted by Gasteiger charge is -2.13. The van der Waals surface area contributed by atoms with Crippen molar-refractivity contribution in [2.75, 3.05) is 5.75 Å². The van der Waals surface area contributed by atoms with Crippen LogP contribution in [0.15, 0.2) is 59.5 Å². The number of hydrogen-bond acceptors (Lipinski definition) is 4. The van der Waals surface area contributed by atoms with Gasteiger partial charge in [-0.15, -0.1) is 11.8 Å². The van der Waals surface area contributed by atoms with Crippen LogP contribution in [-0.2, 0) is 20.9 Å². The third-order valence-electron chi connectivity index (χ3n) is 3.36. The van der Waals surface area contributed by atoms with Gasteiger partial charge in [-0.1, -0.05) is 48.0 Å². The summed E-state index contributed by atoms with van der Waals surface area (Å²) in [7, 11) is 0. The average molecular weight is 343 g/mol. The first-order chi connectivity index (χ1) is 11.5. The van der Waals surface area contributed by atoms with Crippen LogP contribution in [0.25, 0.3) is 0 Å². The van der Waals surface area contributed by atoms with Crippen LogP contribution in [0.1, 0.15) is 18.1 Å². The summed E-state index contributed by atoms with van der Waals surface area (Å²) < 4.78 is 5.17. The van der Waals surface area contributed by atoms with Crippen molar-refractivity contribution in [3.05, 3.63) is 65.7 Å². The summed E-state index contributed by atoms with van der Waals surface area (Å²) in [4.78, 5) is 24.8. The van der Waals surface area contributed by atoms with Crippen molar-refractivity contribution in [1.29, 1.82) is 0 Å². The molecule has 1 atom stereocenters. The SMILES string of the molecule is Cc1ccc(SCC(=O)O[C@@H](C)C(=O)NCc2ccccc2)cc1. The lowest BCUT2D eigenvalue weighted by molar-refractivity contribution is -0.152. The Labute approximate surface area is 146 Å². The van der Waals surface area contributed by atoms with E-state index in [-0.39, 0.29) is 11.7 Å². The molecule has 0 aliphatic carbocycles. The molecule has 126 valence electrons. The molecular weight excluding hydrogens is 322 g/mol. The van der Waals surface area contributed by atoms with Crippen molar-refractivity contribution < 1.29 is 14.3 Å². The van der Waals surface area contributed by atoms with Crippen LogP contribution < -0.4 is 5.32 Å². The Morgan fingerprint density at radius 3 is 2.42 bits per heavy atom. The predicted molar refractivity (Wildman–Crippen MR) is 95.7 cm³/mol. The van der Waals surface area contributed by atoms with Gasteiger partial charge >= 0.3 is 5.97 Å². The molecule has 0 spiro atoms. The Hall–Kier alpha value is -2.27. The topological polar surface area (TPSA) is 55.4 Å². The molecule has 2 aromatic rings. The molecule has 0 fully saturated rings. The number of rotatable bonds is 7. The summed E-state index contributed by atoms with van der Waals surface area (Å²) in [6.07, 6.45) is -0.806. The number of benzene rings is 2. The number of carbonyl (C=O) groups is 2. The third-order valence-corrected chi connectivity index (χ3v) is 4.35. The van der Waals surface area contributed by atoms with E-state index in [1.54, 1.807) is 6.92 Å². The maximum atomic E-state index is 12.0. The fraction of sp³-hybridized carbons (Fsp3) is 0.263. The van der Waals surface area contributed by atoms with Crippen LogP contribution in [-0.4, -0.2) is 23.7 Å². The van der Waals surface area contributed by atoms with E-state index in [4.69, 9.17) is 4.74 Å². The highest BCUT2D eigenvalue weighted by Crippen LogP contribution is 2.18. The molecule has 0 aliphatic heterocycles. The molecule has 1 amide bonds. The second-order valence-electron chi connectivity index (χ2n) is 5.44. The van der Waals surface area contributed by atoms with Crippen LogP contribution in [0.3, 0.4) is 0 Å². The van der Waals surface area contributed by atoms with Gasteiger partial charge in [0.15, 0.2) is 6.10 Å². The molecule has 2 rings (SSSR count). The van der Waals surface area contributed by atoms with E-state index >= 15 is 0 Å². The molecule has 0 unspecified atom stereocenters. The summed E-state index contributed by atoms with van der Waals surface area (Å²) in [5.74, 6) is -0.519. The van der Waals surface area contributed by atoms with E-state index in [1.165, 1.54) is 17.3 Å². The van der Waals surface area contributed by atoms with Crippen LogP contribution in [0.5, 0.6) is 0 Å². The minimum atomic E-state index is -0.806. The summed E-state index contributed by atoms with van der Waals surface area (Å²) in [6, 6.07) is 17.5. The number of ether oxygens (including phenoxy) is 1. The number of thioether (sulfide) groups is 1. The number of aryl methyl sites for hydroxylation is 1. The number of hydrogen-bond donors (Lipinski definition) is 1. The Morgan fingerprint density at radius 2 is 1.75 bits per heavy atom. The molecule has 0 heterocycles. The molecule has 24 heavy (non-hydrogen) atoms. The number of nitrogens with one attached hydrogen (secondary N) is 1. The number of amides is 1. The maximum absolute atomic E-state index is 12.0. The summed E-state index contributed by atoms with van der Waals surface area (Å²) >= 11 is 1.39. The molecule has 0 aliphatic rings. The molecule has 4 nitrogen and oxygen atoms in total. The first kappa shape index (κ1) is 18.1. The summed E-state index contributed by atoms with van der Waals surface area (Å²) in [6.45, 7) is 4.01. The summed E-state index contributed by atoms with van der Waals surface area (Å²) in [5.41, 5.74) is 2.17. The number of carbonyl (C=O) groups excluding carboxylic acids is 2. The van der Waals surface area contributed by atoms with E-state index < -0.39 is 12.1 Å². The van der Waals surface area contributed by atoms with E-state index in [0.29, 0.717) is 6.54 Å². The van der Waals surface area contributed by atoms with Gasteiger partial charge in [-0.25, -0.2) is 0 Å². The fourth-order valence-electron chi connectivity index (χ4n) is 1.99. The molecular formula is C19H21NO3S. The van der Waals surface area contributed by atoms with Crippen LogP contribution in [0.4, 0.5) is 0 Å². The zero-order valence-corrected chi connectivity index (χ0v) is 14.6. The van der Waals surface area contributed by atoms with E-state index in [0.717, 1.165) is 10.5 Å². The quantitative estimate of drug-likeness (QED) is 0.619. The van der Waals surface area contributed by atoms with Gasteiger partial charge in [0.2, 0.25) is 0 Å². The highest BCUT2D eigenvalue weighted by Gasteiger charge is 2.17. The molecule has 5 heteroatoms. The van der Waals surface area contributed by atoms with Gasteiger partial charge in [-0.05, 0) is 31.5 Å². The maximum Gasteiger partial charge on any atom is 0.317 e. The Kier molecular flexibility index (Phi) is 6.88. The fourth-order valence-corrected chi connectivity index (χ4v) is 2.67. The second-order valence-corrected chi connectivity index (χ2v) is 6.49. The van der Waals surface area contributed by atoms with Gasteiger partial charge in [0, 0.05) is 11.4 Å². The lowest BCUT2D eigenvalue weighted by Crippen LogP contribution is -2.35. The van der Waals surface area contributed by atoms with Crippen molar-refractivity contribution >= 4 is 23.6 Å². The molecule has 1 N–H and O–H groups in total. The first-order valence-electron chi connectivity index (χ1n) is 7.75. The van der Waals surface area contributed by atoms with Crippen molar-refractivity contribution in [2.24, 2.45) is 0 Å². The molecule has 0 bridgehead atoms. The zero-order chi connectivity index (χ0) is 17.4. The monoisotopic (exact) mass is 343 g/mol.